The molecule has 3 fully saturated rings. The van der Waals surface area contributed by atoms with Gasteiger partial charge in [-0.05, 0) is 24.5 Å². The van der Waals surface area contributed by atoms with E-state index in [-0.39, 0.29) is 47.3 Å². The Labute approximate surface area is 171 Å². The number of nitro benzene ring substituents is 1. The number of nitrogens with zero attached hydrogens (tertiary/aromatic N) is 3. The van der Waals surface area contributed by atoms with Crippen LogP contribution in [0.2, 0.25) is 0 Å². The van der Waals surface area contributed by atoms with Crippen LogP contribution in [0.25, 0.3) is 0 Å². The maximum absolute atomic E-state index is 13.3. The van der Waals surface area contributed by atoms with Crippen LogP contribution < -0.4 is 4.90 Å². The third kappa shape index (κ3) is 2.13. The number of hydrogen-bond donors (Lipinski definition) is 0. The van der Waals surface area contributed by atoms with Gasteiger partial charge in [0.1, 0.15) is 6.10 Å². The topological polar surface area (TPSA) is 102 Å². The first-order valence-corrected chi connectivity index (χ1v) is 9.97. The van der Waals surface area contributed by atoms with Gasteiger partial charge in [-0.2, -0.15) is 0 Å². The van der Waals surface area contributed by atoms with E-state index in [0.29, 0.717) is 17.0 Å². The summed E-state index contributed by atoms with van der Waals surface area (Å²) in [6.45, 7) is 0. The SMILES string of the molecule is O=C1[C@H]2[C@@H]3C[C@@H]([C@H]4ON=C(c5cccc([N+](=O)[O-])c5)[C@H]34)[C@@H]2C(=O)N1c1ccccc1. The molecule has 0 N–H and O–H groups in total. The number of anilines is 1. The van der Waals surface area contributed by atoms with E-state index in [2.05, 4.69) is 5.16 Å². The van der Waals surface area contributed by atoms with Crippen LogP contribution in [-0.2, 0) is 14.4 Å². The molecule has 6 rings (SSSR count). The van der Waals surface area contributed by atoms with Gasteiger partial charge in [0.25, 0.3) is 5.69 Å². The van der Waals surface area contributed by atoms with Crippen molar-refractivity contribution >= 4 is 28.9 Å². The predicted octanol–water partition coefficient (Wildman–Crippen LogP) is 2.77. The van der Waals surface area contributed by atoms with Crippen molar-refractivity contribution in [1.29, 1.82) is 0 Å². The molecule has 2 aromatic rings. The molecule has 2 aliphatic heterocycles. The third-order valence-corrected chi connectivity index (χ3v) is 7.06. The van der Waals surface area contributed by atoms with Crippen molar-refractivity contribution in [3.8, 4) is 0 Å². The van der Waals surface area contributed by atoms with Crippen LogP contribution in [0.15, 0.2) is 59.8 Å². The second-order valence-corrected chi connectivity index (χ2v) is 8.34. The Hall–Kier alpha value is -3.55. The summed E-state index contributed by atoms with van der Waals surface area (Å²) in [6.07, 6.45) is 0.469. The smallest absolute Gasteiger partial charge is 0.270 e. The van der Waals surface area contributed by atoms with Gasteiger partial charge in [0.2, 0.25) is 11.8 Å². The van der Waals surface area contributed by atoms with E-state index in [0.717, 1.165) is 6.42 Å². The summed E-state index contributed by atoms with van der Waals surface area (Å²) < 4.78 is 0. The molecule has 2 aliphatic carbocycles. The van der Waals surface area contributed by atoms with Gasteiger partial charge in [0.15, 0.2) is 0 Å². The number of rotatable bonds is 3. The fourth-order valence-electron chi connectivity index (χ4n) is 5.97. The van der Waals surface area contributed by atoms with Crippen molar-refractivity contribution in [2.45, 2.75) is 12.5 Å². The maximum atomic E-state index is 13.3. The van der Waals surface area contributed by atoms with Crippen molar-refractivity contribution < 1.29 is 19.3 Å². The quantitative estimate of drug-likeness (QED) is 0.445. The molecule has 8 heteroatoms. The van der Waals surface area contributed by atoms with Crippen LogP contribution in [0.3, 0.4) is 0 Å². The van der Waals surface area contributed by atoms with Crippen molar-refractivity contribution in [1.82, 2.24) is 0 Å². The van der Waals surface area contributed by atoms with Crippen LogP contribution in [0.4, 0.5) is 11.4 Å². The average molecular weight is 403 g/mol. The molecule has 2 heterocycles. The molecule has 30 heavy (non-hydrogen) atoms. The summed E-state index contributed by atoms with van der Waals surface area (Å²) in [7, 11) is 0. The van der Waals surface area contributed by atoms with E-state index >= 15 is 0 Å². The standard InChI is InChI=1S/C22H17N3O5/c26-21-16-14-10-15(17(16)22(27)24(21)12-6-2-1-3-7-12)20-18(14)19(23-30-20)11-5-4-8-13(9-11)25(28)29/h1-9,14-18,20H,10H2/t14-,15+,16-,17-,18-,20+/m0/s1. The van der Waals surface area contributed by atoms with E-state index in [1.54, 1.807) is 24.3 Å². The first-order valence-electron chi connectivity index (χ1n) is 9.97. The van der Waals surface area contributed by atoms with E-state index in [4.69, 9.17) is 4.84 Å². The highest BCUT2D eigenvalue weighted by Gasteiger charge is 2.70. The van der Waals surface area contributed by atoms with Crippen molar-refractivity contribution in [3.63, 3.8) is 0 Å². The zero-order chi connectivity index (χ0) is 20.6. The number of oxime groups is 1. The molecule has 8 nitrogen and oxygen atoms in total. The Morgan fingerprint density at radius 2 is 1.70 bits per heavy atom. The highest BCUT2D eigenvalue weighted by molar-refractivity contribution is 6.23. The highest BCUT2D eigenvalue weighted by Crippen LogP contribution is 2.62. The number of imide groups is 1. The Morgan fingerprint density at radius 1 is 0.967 bits per heavy atom. The molecule has 0 unspecified atom stereocenters. The molecule has 0 aromatic heterocycles. The summed E-state index contributed by atoms with van der Waals surface area (Å²) in [5, 5.41) is 15.4. The lowest BCUT2D eigenvalue weighted by Gasteiger charge is -2.29. The molecule has 0 radical (unpaired) electrons. The third-order valence-electron chi connectivity index (χ3n) is 7.06. The number of carbonyl (C=O) groups is 2. The summed E-state index contributed by atoms with van der Waals surface area (Å²) >= 11 is 0. The summed E-state index contributed by atoms with van der Waals surface area (Å²) in [4.78, 5) is 44.3. The summed E-state index contributed by atoms with van der Waals surface area (Å²) in [6, 6.07) is 15.3. The fraction of sp³-hybridized carbons (Fsp3) is 0.318. The highest BCUT2D eigenvalue weighted by atomic mass is 16.6. The Balaban J connectivity index is 1.35. The van der Waals surface area contributed by atoms with Crippen molar-refractivity contribution in [2.24, 2.45) is 34.7 Å². The number of amides is 2. The van der Waals surface area contributed by atoms with Crippen LogP contribution in [0.5, 0.6) is 0 Å². The largest absolute Gasteiger partial charge is 0.391 e. The number of carbonyl (C=O) groups excluding carboxylic acids is 2. The molecule has 6 atom stereocenters. The van der Waals surface area contributed by atoms with E-state index < -0.39 is 10.8 Å². The molecule has 2 bridgehead atoms. The first-order chi connectivity index (χ1) is 14.6. The van der Waals surface area contributed by atoms with Crippen LogP contribution in [0, 0.1) is 39.7 Å². The molecule has 2 aromatic carbocycles. The molecular formula is C22H17N3O5. The molecule has 1 saturated heterocycles. The van der Waals surface area contributed by atoms with Gasteiger partial charge in [-0.15, -0.1) is 0 Å². The monoisotopic (exact) mass is 403 g/mol. The van der Waals surface area contributed by atoms with E-state index in [9.17, 15) is 19.7 Å². The van der Waals surface area contributed by atoms with E-state index in [1.165, 1.54) is 17.0 Å². The molecular weight excluding hydrogens is 386 g/mol. The zero-order valence-electron chi connectivity index (χ0n) is 15.8. The lowest BCUT2D eigenvalue weighted by molar-refractivity contribution is -0.384. The van der Waals surface area contributed by atoms with Gasteiger partial charge in [0.05, 0.1) is 28.2 Å². The van der Waals surface area contributed by atoms with Crippen molar-refractivity contribution in [3.05, 3.63) is 70.3 Å². The van der Waals surface area contributed by atoms with Gasteiger partial charge in [-0.3, -0.25) is 24.6 Å². The van der Waals surface area contributed by atoms with Gasteiger partial charge in [-0.25, -0.2) is 0 Å². The first kappa shape index (κ1) is 17.3. The number of fused-ring (bicyclic) bond motifs is 8. The molecule has 150 valence electrons. The normalized spacial score (nSPS) is 33.3. The van der Waals surface area contributed by atoms with Crippen molar-refractivity contribution in [2.75, 3.05) is 4.90 Å². The second kappa shape index (κ2) is 5.98. The minimum atomic E-state index is -0.439. The summed E-state index contributed by atoms with van der Waals surface area (Å²) in [5.74, 6) is -1.36. The lowest BCUT2D eigenvalue weighted by Crippen LogP contribution is -2.41. The minimum Gasteiger partial charge on any atom is -0.391 e. The van der Waals surface area contributed by atoms with Gasteiger partial charge >= 0.3 is 0 Å². The Morgan fingerprint density at radius 3 is 2.43 bits per heavy atom. The zero-order valence-corrected chi connectivity index (χ0v) is 15.8. The number of para-hydroxylation sites is 1. The molecule has 4 aliphatic rings. The fourth-order valence-corrected chi connectivity index (χ4v) is 5.97. The molecule has 2 saturated carbocycles. The van der Waals surface area contributed by atoms with Gasteiger partial charge in [0, 0.05) is 29.5 Å². The van der Waals surface area contributed by atoms with Crippen LogP contribution >= 0.6 is 0 Å². The average Bonchev–Trinajstić information content (AvgIpc) is 3.49. The second-order valence-electron chi connectivity index (χ2n) is 8.34. The van der Waals surface area contributed by atoms with Crippen LogP contribution in [0.1, 0.15) is 12.0 Å². The summed E-state index contributed by atoms with van der Waals surface area (Å²) in [5.41, 5.74) is 1.87. The predicted molar refractivity (Wildman–Crippen MR) is 106 cm³/mol. The Bertz CT molecular complexity index is 1130. The number of non-ortho nitro benzene ring substituents is 1. The number of benzene rings is 2. The van der Waals surface area contributed by atoms with Gasteiger partial charge in [-0.1, -0.05) is 35.5 Å². The number of nitro groups is 1. The molecule has 2 amide bonds. The van der Waals surface area contributed by atoms with Crippen LogP contribution in [-0.4, -0.2) is 28.6 Å². The molecule has 0 spiro atoms. The maximum Gasteiger partial charge on any atom is 0.270 e. The minimum absolute atomic E-state index is 0.0120. The van der Waals surface area contributed by atoms with E-state index in [1.807, 2.05) is 18.2 Å². The lowest BCUT2D eigenvalue weighted by atomic mass is 9.71. The van der Waals surface area contributed by atoms with Gasteiger partial charge < -0.3 is 4.84 Å². The number of hydrogen-bond acceptors (Lipinski definition) is 6. The Kier molecular flexibility index (Phi) is 3.45.